The zero-order chi connectivity index (χ0) is 12.1. The minimum atomic E-state index is -0.569. The largest absolute Gasteiger partial charge is 0.487 e. The molecule has 0 aliphatic heterocycles. The first kappa shape index (κ1) is 13.0. The molecule has 2 N–H and O–H groups in total. The summed E-state index contributed by atoms with van der Waals surface area (Å²) < 4.78 is 5.21. The predicted octanol–water partition coefficient (Wildman–Crippen LogP) is 2.63. The van der Waals surface area contributed by atoms with Gasteiger partial charge in [0.1, 0.15) is 0 Å². The summed E-state index contributed by atoms with van der Waals surface area (Å²) in [6.45, 7) is 0.754. The lowest BCUT2D eigenvalue weighted by Crippen LogP contribution is -2.07. The van der Waals surface area contributed by atoms with Crippen LogP contribution in [0.5, 0.6) is 5.75 Å². The van der Waals surface area contributed by atoms with E-state index < -0.39 is 4.92 Å². The van der Waals surface area contributed by atoms with Crippen LogP contribution in [0.3, 0.4) is 0 Å². The molecule has 0 amide bonds. The molecule has 7 heteroatoms. The van der Waals surface area contributed by atoms with E-state index in [1.165, 1.54) is 12.1 Å². The van der Waals surface area contributed by atoms with Gasteiger partial charge < -0.3 is 10.5 Å². The number of halogens is 2. The number of rotatable bonds is 5. The number of ether oxygens (including phenoxy) is 1. The summed E-state index contributed by atoms with van der Waals surface area (Å²) in [6.07, 6.45) is 0.609. The van der Waals surface area contributed by atoms with Crippen molar-refractivity contribution in [3.63, 3.8) is 0 Å². The van der Waals surface area contributed by atoms with Crippen LogP contribution in [0.15, 0.2) is 12.1 Å². The van der Waals surface area contributed by atoms with Crippen LogP contribution >= 0.6 is 23.2 Å². The second kappa shape index (κ2) is 5.89. The molecule has 0 bridgehead atoms. The SMILES string of the molecule is NCCCOc1cc(Cl)c(Cl)cc1[N+](=O)[O-]. The second-order valence-corrected chi connectivity index (χ2v) is 3.80. The summed E-state index contributed by atoms with van der Waals surface area (Å²) in [5.41, 5.74) is 5.08. The summed E-state index contributed by atoms with van der Waals surface area (Å²) in [5.74, 6) is 0.104. The maximum atomic E-state index is 10.7. The third-order valence-corrected chi connectivity index (χ3v) is 2.53. The van der Waals surface area contributed by atoms with Crippen molar-refractivity contribution in [2.75, 3.05) is 13.2 Å². The molecule has 0 atom stereocenters. The number of hydrogen-bond donors (Lipinski definition) is 1. The van der Waals surface area contributed by atoms with Crippen molar-refractivity contribution >= 4 is 28.9 Å². The minimum absolute atomic E-state index is 0.104. The topological polar surface area (TPSA) is 78.4 Å². The zero-order valence-corrected chi connectivity index (χ0v) is 9.79. The Bertz CT molecular complexity index is 399. The minimum Gasteiger partial charge on any atom is -0.487 e. The van der Waals surface area contributed by atoms with Gasteiger partial charge in [0.05, 0.1) is 21.6 Å². The molecule has 88 valence electrons. The number of nitro groups is 1. The van der Waals surface area contributed by atoms with Crippen molar-refractivity contribution < 1.29 is 9.66 Å². The molecule has 1 rings (SSSR count). The van der Waals surface area contributed by atoms with Crippen LogP contribution in [0.1, 0.15) is 6.42 Å². The van der Waals surface area contributed by atoms with E-state index in [1.807, 2.05) is 0 Å². The van der Waals surface area contributed by atoms with Crippen LogP contribution in [0.2, 0.25) is 10.0 Å². The van der Waals surface area contributed by atoms with E-state index in [-0.39, 0.29) is 21.5 Å². The maximum absolute atomic E-state index is 10.7. The smallest absolute Gasteiger partial charge is 0.312 e. The quantitative estimate of drug-likeness (QED) is 0.504. The normalized spacial score (nSPS) is 10.2. The van der Waals surface area contributed by atoms with E-state index >= 15 is 0 Å². The van der Waals surface area contributed by atoms with Crippen LogP contribution in [-0.2, 0) is 0 Å². The van der Waals surface area contributed by atoms with Gasteiger partial charge in [0, 0.05) is 12.1 Å². The number of nitrogens with zero attached hydrogens (tertiary/aromatic N) is 1. The van der Waals surface area contributed by atoms with Crippen LogP contribution in [0, 0.1) is 10.1 Å². The molecule has 5 nitrogen and oxygen atoms in total. The molecular formula is C9H10Cl2N2O3. The van der Waals surface area contributed by atoms with E-state index in [1.54, 1.807) is 0 Å². The van der Waals surface area contributed by atoms with Crippen LogP contribution in [-0.4, -0.2) is 18.1 Å². The first-order chi connectivity index (χ1) is 7.56. The summed E-state index contributed by atoms with van der Waals surface area (Å²) in [6, 6.07) is 2.50. The fourth-order valence-corrected chi connectivity index (χ4v) is 1.35. The Balaban J connectivity index is 2.95. The highest BCUT2D eigenvalue weighted by atomic mass is 35.5. The van der Waals surface area contributed by atoms with Gasteiger partial charge in [-0.15, -0.1) is 0 Å². The summed E-state index contributed by atoms with van der Waals surface area (Å²) in [7, 11) is 0. The van der Waals surface area contributed by atoms with E-state index in [4.69, 9.17) is 33.7 Å². The van der Waals surface area contributed by atoms with Gasteiger partial charge in [-0.1, -0.05) is 23.2 Å². The van der Waals surface area contributed by atoms with Crippen molar-refractivity contribution in [3.05, 3.63) is 32.3 Å². The Morgan fingerprint density at radius 1 is 1.38 bits per heavy atom. The third-order valence-electron chi connectivity index (χ3n) is 1.80. The molecule has 1 aromatic rings. The Labute approximate surface area is 102 Å². The van der Waals surface area contributed by atoms with Crippen molar-refractivity contribution in [3.8, 4) is 5.75 Å². The Morgan fingerprint density at radius 3 is 2.56 bits per heavy atom. The summed E-state index contributed by atoms with van der Waals surface area (Å²) in [4.78, 5) is 10.1. The van der Waals surface area contributed by atoms with Gasteiger partial charge in [-0.2, -0.15) is 0 Å². The van der Waals surface area contributed by atoms with Crippen molar-refractivity contribution in [1.82, 2.24) is 0 Å². The molecule has 0 unspecified atom stereocenters. The predicted molar refractivity (Wildman–Crippen MR) is 62.3 cm³/mol. The molecule has 0 saturated carbocycles. The standard InChI is InChI=1S/C9H10Cl2N2O3/c10-6-4-8(13(14)15)9(5-7(6)11)16-3-1-2-12/h4-5H,1-3,12H2. The molecule has 0 heterocycles. The first-order valence-electron chi connectivity index (χ1n) is 4.52. The number of benzene rings is 1. The van der Waals surface area contributed by atoms with Gasteiger partial charge in [-0.05, 0) is 13.0 Å². The van der Waals surface area contributed by atoms with Crippen molar-refractivity contribution in [2.45, 2.75) is 6.42 Å². The van der Waals surface area contributed by atoms with Crippen molar-refractivity contribution in [1.29, 1.82) is 0 Å². The average Bonchev–Trinajstić information content (AvgIpc) is 2.23. The molecule has 0 aliphatic carbocycles. The van der Waals surface area contributed by atoms with Crippen LogP contribution < -0.4 is 10.5 Å². The molecule has 16 heavy (non-hydrogen) atoms. The molecule has 0 aliphatic rings. The van der Waals surface area contributed by atoms with Crippen LogP contribution in [0.25, 0.3) is 0 Å². The monoisotopic (exact) mass is 264 g/mol. The molecule has 1 aromatic carbocycles. The fraction of sp³-hybridized carbons (Fsp3) is 0.333. The van der Waals surface area contributed by atoms with Gasteiger partial charge in [0.2, 0.25) is 0 Å². The van der Waals surface area contributed by atoms with E-state index in [2.05, 4.69) is 0 Å². The Kier molecular flexibility index (Phi) is 4.79. The van der Waals surface area contributed by atoms with E-state index in [0.29, 0.717) is 19.6 Å². The van der Waals surface area contributed by atoms with Crippen molar-refractivity contribution in [2.24, 2.45) is 5.73 Å². The van der Waals surface area contributed by atoms with E-state index in [9.17, 15) is 10.1 Å². The average molecular weight is 265 g/mol. The molecule has 0 spiro atoms. The highest BCUT2D eigenvalue weighted by Crippen LogP contribution is 2.35. The molecule has 0 radical (unpaired) electrons. The summed E-state index contributed by atoms with van der Waals surface area (Å²) in [5, 5.41) is 11.1. The van der Waals surface area contributed by atoms with Gasteiger partial charge >= 0.3 is 5.69 Å². The third kappa shape index (κ3) is 3.23. The lowest BCUT2D eigenvalue weighted by molar-refractivity contribution is -0.385. The molecule has 0 aromatic heterocycles. The lowest BCUT2D eigenvalue weighted by atomic mass is 10.3. The molecule has 0 fully saturated rings. The number of nitrogens with two attached hydrogens (primary N) is 1. The van der Waals surface area contributed by atoms with Gasteiger partial charge in [-0.3, -0.25) is 10.1 Å². The zero-order valence-electron chi connectivity index (χ0n) is 8.28. The van der Waals surface area contributed by atoms with Gasteiger partial charge in [0.25, 0.3) is 0 Å². The first-order valence-corrected chi connectivity index (χ1v) is 5.28. The van der Waals surface area contributed by atoms with E-state index in [0.717, 1.165) is 0 Å². The van der Waals surface area contributed by atoms with Crippen LogP contribution in [0.4, 0.5) is 5.69 Å². The molecule has 0 saturated heterocycles. The second-order valence-electron chi connectivity index (χ2n) is 2.98. The Morgan fingerprint density at radius 2 is 2.00 bits per heavy atom. The van der Waals surface area contributed by atoms with Gasteiger partial charge in [-0.25, -0.2) is 0 Å². The highest BCUT2D eigenvalue weighted by Gasteiger charge is 2.18. The highest BCUT2D eigenvalue weighted by molar-refractivity contribution is 6.42. The molecular weight excluding hydrogens is 255 g/mol. The summed E-state index contributed by atoms with van der Waals surface area (Å²) >= 11 is 11.4. The maximum Gasteiger partial charge on any atom is 0.312 e. The number of nitro benzene ring substituents is 1. The number of hydrogen-bond acceptors (Lipinski definition) is 4. The van der Waals surface area contributed by atoms with Gasteiger partial charge in [0.15, 0.2) is 5.75 Å². The lowest BCUT2D eigenvalue weighted by Gasteiger charge is -2.07. The Hall–Kier alpha value is -1.04. The fourth-order valence-electron chi connectivity index (χ4n) is 1.04.